The molecule has 0 heterocycles. The van der Waals surface area contributed by atoms with Gasteiger partial charge in [-0.2, -0.15) is 8.42 Å². The van der Waals surface area contributed by atoms with Gasteiger partial charge < -0.3 is 5.11 Å². The van der Waals surface area contributed by atoms with E-state index in [1.807, 2.05) is 0 Å². The molecule has 9 heteroatoms. The van der Waals surface area contributed by atoms with Crippen LogP contribution in [0.25, 0.3) is 0 Å². The molecule has 0 rings (SSSR count). The molecule has 0 atom stereocenters. The molecule has 0 aliphatic rings. The Hall–Kier alpha value is 1.34. The Bertz CT molecular complexity index is 421. The van der Waals surface area contributed by atoms with E-state index in [1.165, 1.54) is 51.4 Å². The van der Waals surface area contributed by atoms with Gasteiger partial charge in [-0.05, 0) is 25.9 Å². The van der Waals surface area contributed by atoms with E-state index in [4.69, 9.17) is 9.66 Å². The first-order chi connectivity index (χ1) is 11.3. The number of aliphatic carboxylic acids is 1. The van der Waals surface area contributed by atoms with E-state index in [-0.39, 0.29) is 77.8 Å². The number of carboxylic acid groups (broad SMARTS) is 1. The number of unbranched alkanes of at least 4 members (excludes halogenated alkanes) is 9. The Morgan fingerprint density at radius 2 is 1.23 bits per heavy atom. The van der Waals surface area contributed by atoms with E-state index in [9.17, 15) is 13.2 Å². The fourth-order valence-electron chi connectivity index (χ4n) is 2.75. The molecule has 0 radical (unpaired) electrons. The van der Waals surface area contributed by atoms with Crippen LogP contribution in [0, 0.1) is 0 Å². The van der Waals surface area contributed by atoms with Gasteiger partial charge in [-0.25, -0.2) is 0 Å². The molecule has 148 valence electrons. The average Bonchev–Trinajstić information content (AvgIpc) is 2.47. The zero-order chi connectivity index (χ0) is 18.3. The van der Waals surface area contributed by atoms with E-state index in [0.717, 1.165) is 12.8 Å². The van der Waals surface area contributed by atoms with Crippen molar-refractivity contribution >= 4 is 75.2 Å². The predicted octanol–water partition coefficient (Wildman–Crippen LogP) is 2.27. The summed E-state index contributed by atoms with van der Waals surface area (Å²) in [6.45, 7) is 3.18. The molecular weight excluding hydrogens is 376 g/mol. The third kappa shape index (κ3) is 25.3. The maximum atomic E-state index is 10.8. The first-order valence-electron chi connectivity index (χ1n) is 9.24. The summed E-state index contributed by atoms with van der Waals surface area (Å²) in [6.07, 6.45) is 12.5. The molecule has 0 saturated heterocycles. The first kappa shape index (κ1) is 32.0. The molecule has 2 N–H and O–H groups in total. The second-order valence-electron chi connectivity index (χ2n) is 6.49. The third-order valence-electron chi connectivity index (χ3n) is 4.06. The van der Waals surface area contributed by atoms with Crippen LogP contribution < -0.4 is 0 Å². The van der Waals surface area contributed by atoms with Gasteiger partial charge in [-0.15, -0.1) is 0 Å². The summed E-state index contributed by atoms with van der Waals surface area (Å²) in [5, 5.41) is 8.90. The summed E-state index contributed by atoms with van der Waals surface area (Å²) < 4.78 is 30.1. The van der Waals surface area contributed by atoms with Crippen LogP contribution >= 0.6 is 0 Å². The monoisotopic (exact) mass is 413 g/mol. The van der Waals surface area contributed by atoms with Crippen LogP contribution in [0.5, 0.6) is 0 Å². The second-order valence-corrected chi connectivity index (χ2v) is 8.06. The van der Waals surface area contributed by atoms with Crippen LogP contribution in [0.2, 0.25) is 0 Å². The summed E-state index contributed by atoms with van der Waals surface area (Å²) in [6, 6.07) is 0. The summed E-state index contributed by atoms with van der Waals surface area (Å²) in [5.41, 5.74) is 0. The molecule has 0 unspecified atom stereocenters. The van der Waals surface area contributed by atoms with Crippen LogP contribution in [-0.4, -0.2) is 113 Å². The molecule has 0 aliphatic carbocycles. The summed E-state index contributed by atoms with van der Waals surface area (Å²) in [5.74, 6) is -1.23. The quantitative estimate of drug-likeness (QED) is 0.216. The summed E-state index contributed by atoms with van der Waals surface area (Å²) >= 11 is 0. The van der Waals surface area contributed by atoms with Crippen molar-refractivity contribution in [2.75, 3.05) is 25.4 Å². The van der Waals surface area contributed by atoms with Crippen molar-refractivity contribution in [2.45, 2.75) is 77.6 Å². The first-order valence-corrected chi connectivity index (χ1v) is 10.9. The normalized spacial score (nSPS) is 11.0. The average molecular weight is 414 g/mol. The predicted molar refractivity (Wildman–Crippen MR) is 111 cm³/mol. The Morgan fingerprint density at radius 1 is 0.808 bits per heavy atom. The number of carbonyl (C=O) groups is 1. The van der Waals surface area contributed by atoms with E-state index in [1.54, 1.807) is 4.90 Å². The Morgan fingerprint density at radius 3 is 1.65 bits per heavy atom. The van der Waals surface area contributed by atoms with Crippen molar-refractivity contribution in [2.24, 2.45) is 0 Å². The van der Waals surface area contributed by atoms with Crippen molar-refractivity contribution in [1.82, 2.24) is 4.90 Å². The molecule has 0 bridgehead atoms. The van der Waals surface area contributed by atoms with Crippen LogP contribution in [0.1, 0.15) is 77.6 Å². The van der Waals surface area contributed by atoms with E-state index < -0.39 is 16.1 Å². The molecule has 0 aromatic heterocycles. The minimum absolute atomic E-state index is 0. The van der Waals surface area contributed by atoms with Crippen molar-refractivity contribution in [3.05, 3.63) is 0 Å². The molecule has 0 fully saturated rings. The van der Waals surface area contributed by atoms with Crippen molar-refractivity contribution < 1.29 is 22.9 Å². The zero-order valence-corrected chi connectivity index (χ0v) is 15.9. The SMILES string of the molecule is CCCCCCCCCCCCN(CCCS(=O)(=O)O)CC(=O)O.[NaH].[NaH]. The zero-order valence-electron chi connectivity index (χ0n) is 15.1. The van der Waals surface area contributed by atoms with Gasteiger partial charge in [-0.1, -0.05) is 64.7 Å². The third-order valence-corrected chi connectivity index (χ3v) is 4.87. The number of nitrogens with zero attached hydrogens (tertiary/aromatic N) is 1. The molecule has 26 heavy (non-hydrogen) atoms. The van der Waals surface area contributed by atoms with Crippen molar-refractivity contribution in [1.29, 1.82) is 0 Å². The van der Waals surface area contributed by atoms with Gasteiger partial charge in [0.1, 0.15) is 0 Å². The Labute approximate surface area is 204 Å². The fraction of sp³-hybridized carbons (Fsp3) is 0.941. The number of rotatable bonds is 17. The minimum atomic E-state index is -3.97. The van der Waals surface area contributed by atoms with Crippen molar-refractivity contribution in [3.63, 3.8) is 0 Å². The van der Waals surface area contributed by atoms with Crippen molar-refractivity contribution in [3.8, 4) is 0 Å². The molecule has 0 spiro atoms. The Kier molecular flexibility index (Phi) is 25.9. The van der Waals surface area contributed by atoms with E-state index in [0.29, 0.717) is 13.1 Å². The summed E-state index contributed by atoms with van der Waals surface area (Å²) in [4.78, 5) is 12.6. The second kappa shape index (κ2) is 21.1. The number of hydrogen-bond donors (Lipinski definition) is 2. The molecule has 0 amide bonds. The molecular formula is C17H37NNa2O5S. The number of carboxylic acids is 1. The van der Waals surface area contributed by atoms with Gasteiger partial charge in [0, 0.05) is 0 Å². The van der Waals surface area contributed by atoms with Gasteiger partial charge in [-0.3, -0.25) is 14.2 Å². The summed E-state index contributed by atoms with van der Waals surface area (Å²) in [7, 11) is -3.97. The van der Waals surface area contributed by atoms with Crippen LogP contribution in [0.15, 0.2) is 0 Å². The van der Waals surface area contributed by atoms with Crippen LogP contribution in [0.4, 0.5) is 0 Å². The molecule has 0 aromatic rings. The van der Waals surface area contributed by atoms with Crippen LogP contribution in [-0.2, 0) is 14.9 Å². The van der Waals surface area contributed by atoms with Gasteiger partial charge in [0.15, 0.2) is 0 Å². The van der Waals surface area contributed by atoms with Gasteiger partial charge in [0.2, 0.25) is 0 Å². The van der Waals surface area contributed by atoms with Gasteiger partial charge in [0.25, 0.3) is 10.1 Å². The Balaban J connectivity index is -0.00000264. The molecule has 6 nitrogen and oxygen atoms in total. The number of hydrogen-bond acceptors (Lipinski definition) is 4. The van der Waals surface area contributed by atoms with E-state index >= 15 is 0 Å². The van der Waals surface area contributed by atoms with Crippen LogP contribution in [0.3, 0.4) is 0 Å². The van der Waals surface area contributed by atoms with Gasteiger partial charge >= 0.3 is 65.1 Å². The van der Waals surface area contributed by atoms with E-state index in [2.05, 4.69) is 6.92 Å². The maximum absolute atomic E-state index is 10.8. The molecule has 0 aliphatic heterocycles. The standard InChI is InChI=1S/C17H35NO5S.2Na.2H/c1-2-3-4-5-6-7-8-9-10-11-13-18(16-17(19)20)14-12-15-24(21,22)23;;;;/h2-16H2,1H3,(H,19,20)(H,21,22,23);;;;. The van der Waals surface area contributed by atoms with Gasteiger partial charge in [0.05, 0.1) is 12.3 Å². The topological polar surface area (TPSA) is 94.9 Å². The molecule has 0 aromatic carbocycles. The fourth-order valence-corrected chi connectivity index (χ4v) is 3.25. The molecule has 0 saturated carbocycles.